The quantitative estimate of drug-likeness (QED) is 0.215. The molecule has 9 nitrogen and oxygen atoms in total. The van der Waals surface area contributed by atoms with Crippen LogP contribution < -0.4 is 9.47 Å². The predicted molar refractivity (Wildman–Crippen MR) is 120 cm³/mol. The summed E-state index contributed by atoms with van der Waals surface area (Å²) < 4.78 is 13.0. The second-order valence-corrected chi connectivity index (χ2v) is 6.96. The van der Waals surface area contributed by atoms with Crippen LogP contribution in [-0.2, 0) is 6.42 Å². The van der Waals surface area contributed by atoms with E-state index < -0.39 is 4.92 Å². The van der Waals surface area contributed by atoms with Gasteiger partial charge in [0, 0.05) is 18.1 Å². The molecule has 1 heterocycles. The summed E-state index contributed by atoms with van der Waals surface area (Å²) in [5.74, 6) is 1.04. The Morgan fingerprint density at radius 3 is 2.71 bits per heavy atom. The number of nitrogens with one attached hydrogen (secondary N) is 1. The van der Waals surface area contributed by atoms with Gasteiger partial charge in [0.2, 0.25) is 10.5 Å². The monoisotopic (exact) mass is 441 g/mol. The van der Waals surface area contributed by atoms with Gasteiger partial charge in [0.15, 0.2) is 11.6 Å². The van der Waals surface area contributed by atoms with E-state index in [1.165, 1.54) is 17.0 Å². The van der Waals surface area contributed by atoms with Gasteiger partial charge < -0.3 is 9.47 Å². The number of ether oxygens (including phenoxy) is 2. The Bertz CT molecular complexity index is 1120. The molecule has 0 saturated heterocycles. The third kappa shape index (κ3) is 5.54. The van der Waals surface area contributed by atoms with E-state index in [4.69, 9.17) is 21.7 Å². The van der Waals surface area contributed by atoms with Gasteiger partial charge in [0.25, 0.3) is 0 Å². The zero-order valence-corrected chi connectivity index (χ0v) is 18.1. The Morgan fingerprint density at radius 1 is 1.26 bits per heavy atom. The van der Waals surface area contributed by atoms with Gasteiger partial charge in [0.1, 0.15) is 0 Å². The molecule has 1 aromatic heterocycles. The Labute approximate surface area is 184 Å². The van der Waals surface area contributed by atoms with Crippen LogP contribution in [0.4, 0.5) is 5.69 Å². The van der Waals surface area contributed by atoms with Gasteiger partial charge >= 0.3 is 5.69 Å². The summed E-state index contributed by atoms with van der Waals surface area (Å²) in [7, 11) is 0. The Morgan fingerprint density at radius 2 is 2.03 bits per heavy atom. The molecule has 0 unspecified atom stereocenters. The van der Waals surface area contributed by atoms with Gasteiger partial charge in [-0.25, -0.2) is 0 Å². The number of hydrogen-bond donors (Lipinski definition) is 1. The molecule has 0 aliphatic rings. The summed E-state index contributed by atoms with van der Waals surface area (Å²) in [4.78, 5) is 11.1. The summed E-state index contributed by atoms with van der Waals surface area (Å²) in [6.07, 6.45) is 2.73. The first-order chi connectivity index (χ1) is 15.0. The molecule has 0 spiro atoms. The summed E-state index contributed by atoms with van der Waals surface area (Å²) in [5.41, 5.74) is 1.36. The average molecular weight is 442 g/mol. The van der Waals surface area contributed by atoms with Crippen molar-refractivity contribution in [3.05, 3.63) is 74.3 Å². The van der Waals surface area contributed by atoms with Crippen molar-refractivity contribution in [1.82, 2.24) is 14.9 Å². The molecule has 0 aliphatic heterocycles. The van der Waals surface area contributed by atoms with Crippen molar-refractivity contribution in [3.8, 4) is 11.5 Å². The molecule has 1 N–H and O–H groups in total. The highest BCUT2D eigenvalue weighted by Crippen LogP contribution is 2.38. The van der Waals surface area contributed by atoms with E-state index in [1.807, 2.05) is 37.3 Å². The maximum atomic E-state index is 11.6. The van der Waals surface area contributed by atoms with E-state index in [1.54, 1.807) is 13.0 Å². The van der Waals surface area contributed by atoms with Gasteiger partial charge in [-0.3, -0.25) is 15.2 Å². The second-order valence-electron chi connectivity index (χ2n) is 6.57. The fourth-order valence-corrected chi connectivity index (χ4v) is 3.09. The van der Waals surface area contributed by atoms with E-state index in [0.29, 0.717) is 41.5 Å². The molecule has 0 bridgehead atoms. The lowest BCUT2D eigenvalue weighted by Gasteiger charge is -2.12. The van der Waals surface area contributed by atoms with Crippen molar-refractivity contribution in [3.63, 3.8) is 0 Å². The normalized spacial score (nSPS) is 11.0. The molecular weight excluding hydrogens is 418 g/mol. The van der Waals surface area contributed by atoms with Crippen LogP contribution in [0, 0.1) is 14.9 Å². The van der Waals surface area contributed by atoms with Crippen LogP contribution in [0.25, 0.3) is 0 Å². The Kier molecular flexibility index (Phi) is 7.50. The number of nitrogens with zero attached hydrogens (tertiary/aromatic N) is 4. The van der Waals surface area contributed by atoms with Crippen LogP contribution in [0.15, 0.2) is 47.6 Å². The maximum absolute atomic E-state index is 11.6. The lowest BCUT2D eigenvalue weighted by molar-refractivity contribution is -0.386. The highest BCUT2D eigenvalue weighted by Gasteiger charge is 2.22. The van der Waals surface area contributed by atoms with Crippen molar-refractivity contribution < 1.29 is 14.4 Å². The number of nitro benzene ring substituents is 1. The van der Waals surface area contributed by atoms with Crippen molar-refractivity contribution in [2.24, 2.45) is 5.10 Å². The van der Waals surface area contributed by atoms with E-state index in [2.05, 4.69) is 15.3 Å². The first kappa shape index (κ1) is 22.2. The SMILES string of the molecule is CCCOc1c(OCC)cc(/C=N\n2c(Cc3ccccc3)n[nH]c2=S)cc1[N+](=O)[O-]. The predicted octanol–water partition coefficient (Wildman–Crippen LogP) is 4.51. The topological polar surface area (TPSA) is 108 Å². The van der Waals surface area contributed by atoms with Crippen LogP contribution >= 0.6 is 12.2 Å². The fourth-order valence-electron chi connectivity index (χ4n) is 2.89. The van der Waals surface area contributed by atoms with Crippen molar-refractivity contribution in [2.75, 3.05) is 13.2 Å². The molecule has 31 heavy (non-hydrogen) atoms. The first-order valence-electron chi connectivity index (χ1n) is 9.86. The minimum absolute atomic E-state index is 0.121. The van der Waals surface area contributed by atoms with Crippen LogP contribution in [0.5, 0.6) is 11.5 Å². The smallest absolute Gasteiger partial charge is 0.315 e. The van der Waals surface area contributed by atoms with Crippen molar-refractivity contribution in [2.45, 2.75) is 26.7 Å². The van der Waals surface area contributed by atoms with Gasteiger partial charge in [-0.15, -0.1) is 0 Å². The van der Waals surface area contributed by atoms with E-state index in [9.17, 15) is 10.1 Å². The molecule has 0 radical (unpaired) electrons. The number of aromatic nitrogens is 3. The molecule has 3 aromatic rings. The number of benzene rings is 2. The van der Waals surface area contributed by atoms with Gasteiger partial charge in [0.05, 0.1) is 24.4 Å². The molecule has 0 saturated carbocycles. The minimum atomic E-state index is -0.491. The fraction of sp³-hybridized carbons (Fsp3) is 0.286. The summed E-state index contributed by atoms with van der Waals surface area (Å²) >= 11 is 5.29. The van der Waals surface area contributed by atoms with Crippen LogP contribution in [-0.4, -0.2) is 39.2 Å². The summed E-state index contributed by atoms with van der Waals surface area (Å²) in [6, 6.07) is 12.9. The van der Waals surface area contributed by atoms with Crippen molar-refractivity contribution >= 4 is 24.1 Å². The van der Waals surface area contributed by atoms with Gasteiger partial charge in [-0.2, -0.15) is 14.9 Å². The minimum Gasteiger partial charge on any atom is -0.490 e. The maximum Gasteiger partial charge on any atom is 0.315 e. The molecule has 0 atom stereocenters. The zero-order valence-electron chi connectivity index (χ0n) is 17.3. The van der Waals surface area contributed by atoms with E-state index in [0.717, 1.165) is 12.0 Å². The second kappa shape index (κ2) is 10.5. The third-order valence-electron chi connectivity index (χ3n) is 4.25. The molecular formula is C21H23N5O4S. The molecule has 0 aliphatic carbocycles. The Balaban J connectivity index is 1.96. The largest absolute Gasteiger partial charge is 0.490 e. The number of H-pyrrole nitrogens is 1. The lowest BCUT2D eigenvalue weighted by Crippen LogP contribution is -2.05. The summed E-state index contributed by atoms with van der Waals surface area (Å²) in [5, 5.41) is 23.0. The molecule has 0 fully saturated rings. The first-order valence-corrected chi connectivity index (χ1v) is 10.3. The average Bonchev–Trinajstić information content (AvgIpc) is 3.11. The highest BCUT2D eigenvalue weighted by atomic mass is 32.1. The van der Waals surface area contributed by atoms with Crippen LogP contribution in [0.1, 0.15) is 37.2 Å². The van der Waals surface area contributed by atoms with E-state index in [-0.39, 0.29) is 11.4 Å². The highest BCUT2D eigenvalue weighted by molar-refractivity contribution is 7.71. The molecule has 0 amide bonds. The third-order valence-corrected chi connectivity index (χ3v) is 4.51. The zero-order chi connectivity index (χ0) is 22.2. The molecule has 162 valence electrons. The van der Waals surface area contributed by atoms with Crippen LogP contribution in [0.2, 0.25) is 0 Å². The number of hydrogen-bond acceptors (Lipinski definition) is 7. The number of rotatable bonds is 10. The van der Waals surface area contributed by atoms with Gasteiger partial charge in [-0.1, -0.05) is 37.3 Å². The van der Waals surface area contributed by atoms with E-state index >= 15 is 0 Å². The van der Waals surface area contributed by atoms with Gasteiger partial charge in [-0.05, 0) is 37.2 Å². The van der Waals surface area contributed by atoms with Crippen molar-refractivity contribution in [1.29, 1.82) is 0 Å². The lowest BCUT2D eigenvalue weighted by atomic mass is 10.1. The van der Waals surface area contributed by atoms with Crippen LogP contribution in [0.3, 0.4) is 0 Å². The number of nitro groups is 1. The summed E-state index contributed by atoms with van der Waals surface area (Å²) in [6.45, 7) is 4.42. The standard InChI is InChI=1S/C21H23N5O4S/c1-3-10-30-20-17(26(27)28)11-16(12-18(20)29-4-2)14-22-25-19(23-24-21(25)31)13-15-8-6-5-7-9-15/h5-9,11-12,14H,3-4,10,13H2,1-2H3,(H,24,31)/b22-14-. The molecule has 10 heteroatoms. The molecule has 2 aromatic carbocycles. The number of aromatic amines is 1. The Hall–Kier alpha value is -3.53. The molecule has 3 rings (SSSR count).